The lowest BCUT2D eigenvalue weighted by Crippen LogP contribution is -2.11. The Morgan fingerprint density at radius 1 is 1.22 bits per heavy atom. The highest BCUT2D eigenvalue weighted by molar-refractivity contribution is 5.84. The minimum atomic E-state index is -0.425. The number of rotatable bonds is 3. The van der Waals surface area contributed by atoms with Gasteiger partial charge in [-0.3, -0.25) is 0 Å². The largest absolute Gasteiger partial charge is 0.464 e. The molecule has 1 aliphatic heterocycles. The molecule has 2 unspecified atom stereocenters. The summed E-state index contributed by atoms with van der Waals surface area (Å²) in [7, 11) is 0. The lowest BCUT2D eigenvalue weighted by molar-refractivity contribution is -0.144. The van der Waals surface area contributed by atoms with Gasteiger partial charge < -0.3 is 9.47 Å². The zero-order chi connectivity index (χ0) is 12.5. The van der Waals surface area contributed by atoms with Gasteiger partial charge in [0, 0.05) is 0 Å². The van der Waals surface area contributed by atoms with Crippen molar-refractivity contribution >= 4 is 16.7 Å². The second-order valence-corrected chi connectivity index (χ2v) is 4.34. The van der Waals surface area contributed by atoms with Crippen LogP contribution in [0.15, 0.2) is 42.5 Å². The molecular formula is C15H14O3. The van der Waals surface area contributed by atoms with Gasteiger partial charge in [-0.2, -0.15) is 0 Å². The van der Waals surface area contributed by atoms with Gasteiger partial charge >= 0.3 is 5.97 Å². The van der Waals surface area contributed by atoms with Crippen LogP contribution in [-0.4, -0.2) is 18.7 Å². The van der Waals surface area contributed by atoms with Crippen molar-refractivity contribution in [2.24, 2.45) is 0 Å². The van der Waals surface area contributed by atoms with Crippen LogP contribution in [0, 0.1) is 0 Å². The van der Waals surface area contributed by atoms with Gasteiger partial charge in [-0.05, 0) is 29.3 Å². The summed E-state index contributed by atoms with van der Waals surface area (Å²) in [5.41, 5.74) is 1.03. The van der Waals surface area contributed by atoms with E-state index in [9.17, 15) is 4.79 Å². The van der Waals surface area contributed by atoms with Crippen molar-refractivity contribution in [3.05, 3.63) is 48.0 Å². The number of carbonyl (C=O) groups excluding carboxylic acids is 1. The molecule has 0 amide bonds. The predicted molar refractivity (Wildman–Crippen MR) is 68.2 cm³/mol. The second-order valence-electron chi connectivity index (χ2n) is 4.34. The molecule has 3 nitrogen and oxygen atoms in total. The number of benzene rings is 2. The molecule has 2 aromatic rings. The Balaban J connectivity index is 1.82. The summed E-state index contributed by atoms with van der Waals surface area (Å²) >= 11 is 0. The van der Waals surface area contributed by atoms with E-state index in [4.69, 9.17) is 9.47 Å². The van der Waals surface area contributed by atoms with Crippen LogP contribution in [0.2, 0.25) is 0 Å². The average molecular weight is 242 g/mol. The third-order valence-electron chi connectivity index (χ3n) is 3.11. The topological polar surface area (TPSA) is 38.8 Å². The first-order valence-electron chi connectivity index (χ1n) is 6.10. The molecular weight excluding hydrogens is 228 g/mol. The van der Waals surface area contributed by atoms with Gasteiger partial charge in [0.2, 0.25) is 0 Å². The smallest absolute Gasteiger partial charge is 0.338 e. The quantitative estimate of drug-likeness (QED) is 0.613. The molecule has 0 aliphatic carbocycles. The summed E-state index contributed by atoms with van der Waals surface area (Å²) in [6.07, 6.45) is -0.570. The Morgan fingerprint density at radius 3 is 2.78 bits per heavy atom. The fourth-order valence-corrected chi connectivity index (χ4v) is 2.15. The maximum atomic E-state index is 11.5. The first-order valence-corrected chi connectivity index (χ1v) is 6.10. The molecule has 1 heterocycles. The van der Waals surface area contributed by atoms with Crippen LogP contribution in [0.25, 0.3) is 10.8 Å². The van der Waals surface area contributed by atoms with Gasteiger partial charge in [0.1, 0.15) is 6.10 Å². The Kier molecular flexibility index (Phi) is 2.76. The van der Waals surface area contributed by atoms with Crippen molar-refractivity contribution in [1.29, 1.82) is 0 Å². The minimum Gasteiger partial charge on any atom is -0.464 e. The molecule has 2 atom stereocenters. The Bertz CT molecular complexity index is 591. The van der Waals surface area contributed by atoms with Crippen molar-refractivity contribution in [3.63, 3.8) is 0 Å². The Hall–Kier alpha value is -1.87. The van der Waals surface area contributed by atoms with Crippen LogP contribution in [0.4, 0.5) is 0 Å². The average Bonchev–Trinajstić information content (AvgIpc) is 3.19. The molecule has 3 rings (SSSR count). The van der Waals surface area contributed by atoms with Crippen LogP contribution < -0.4 is 0 Å². The number of esters is 1. The standard InChI is InChI=1S/C15H14O3/c1-2-17-15(16)14-13(18-14)12-8-7-10-5-3-4-6-11(10)9-12/h3-9,13-14H,2H2,1H3. The van der Waals surface area contributed by atoms with Crippen LogP contribution >= 0.6 is 0 Å². The summed E-state index contributed by atoms with van der Waals surface area (Å²) in [6.45, 7) is 2.19. The maximum Gasteiger partial charge on any atom is 0.338 e. The summed E-state index contributed by atoms with van der Waals surface area (Å²) in [4.78, 5) is 11.5. The minimum absolute atomic E-state index is 0.145. The maximum absolute atomic E-state index is 11.5. The predicted octanol–water partition coefficient (Wildman–Crippen LogP) is 2.84. The first-order chi connectivity index (χ1) is 8.79. The van der Waals surface area contributed by atoms with E-state index >= 15 is 0 Å². The van der Waals surface area contributed by atoms with Gasteiger partial charge in [0.05, 0.1) is 6.61 Å². The van der Waals surface area contributed by atoms with E-state index in [-0.39, 0.29) is 12.1 Å². The molecule has 0 bridgehead atoms. The first kappa shape index (κ1) is 11.2. The third kappa shape index (κ3) is 1.97. The highest BCUT2D eigenvalue weighted by atomic mass is 16.6. The van der Waals surface area contributed by atoms with Crippen molar-refractivity contribution in [3.8, 4) is 0 Å². The summed E-state index contributed by atoms with van der Waals surface area (Å²) in [5, 5.41) is 2.35. The number of carbonyl (C=O) groups is 1. The van der Waals surface area contributed by atoms with E-state index < -0.39 is 6.10 Å². The number of hydrogen-bond donors (Lipinski definition) is 0. The molecule has 3 heteroatoms. The number of ether oxygens (including phenoxy) is 2. The van der Waals surface area contributed by atoms with E-state index in [0.717, 1.165) is 10.9 Å². The summed E-state index contributed by atoms with van der Waals surface area (Å²) in [6, 6.07) is 14.3. The summed E-state index contributed by atoms with van der Waals surface area (Å²) in [5.74, 6) is -0.268. The van der Waals surface area contributed by atoms with Crippen molar-refractivity contribution in [2.75, 3.05) is 6.61 Å². The zero-order valence-corrected chi connectivity index (χ0v) is 10.1. The SMILES string of the molecule is CCOC(=O)C1OC1c1ccc2ccccc2c1. The molecule has 1 aliphatic rings. The lowest BCUT2D eigenvalue weighted by atomic mass is 10.0. The molecule has 92 valence electrons. The molecule has 0 spiro atoms. The van der Waals surface area contributed by atoms with E-state index in [1.807, 2.05) is 18.2 Å². The Morgan fingerprint density at radius 2 is 2.00 bits per heavy atom. The van der Waals surface area contributed by atoms with Gasteiger partial charge in [-0.1, -0.05) is 36.4 Å². The summed E-state index contributed by atoms with van der Waals surface area (Å²) < 4.78 is 10.3. The number of hydrogen-bond acceptors (Lipinski definition) is 3. The van der Waals surface area contributed by atoms with E-state index in [1.54, 1.807) is 6.92 Å². The molecule has 0 aromatic heterocycles. The van der Waals surface area contributed by atoms with E-state index in [1.165, 1.54) is 5.39 Å². The molecule has 18 heavy (non-hydrogen) atoms. The van der Waals surface area contributed by atoms with Crippen LogP contribution in [0.3, 0.4) is 0 Å². The fraction of sp³-hybridized carbons (Fsp3) is 0.267. The second kappa shape index (κ2) is 4.42. The number of epoxide rings is 1. The van der Waals surface area contributed by atoms with Gasteiger partial charge in [0.15, 0.2) is 6.10 Å². The molecule has 2 aromatic carbocycles. The van der Waals surface area contributed by atoms with Crippen LogP contribution in [0.5, 0.6) is 0 Å². The van der Waals surface area contributed by atoms with E-state index in [2.05, 4.69) is 24.3 Å². The lowest BCUT2D eigenvalue weighted by Gasteiger charge is -2.01. The number of fused-ring (bicyclic) bond motifs is 1. The van der Waals surface area contributed by atoms with Gasteiger partial charge in [-0.25, -0.2) is 4.79 Å². The van der Waals surface area contributed by atoms with Gasteiger partial charge in [0.25, 0.3) is 0 Å². The Labute approximate surface area is 105 Å². The highest BCUT2D eigenvalue weighted by Crippen LogP contribution is 2.40. The molecule has 0 N–H and O–H groups in total. The van der Waals surface area contributed by atoms with Crippen LogP contribution in [0.1, 0.15) is 18.6 Å². The van der Waals surface area contributed by atoms with Gasteiger partial charge in [-0.15, -0.1) is 0 Å². The molecule has 1 saturated heterocycles. The normalized spacial score (nSPS) is 21.8. The highest BCUT2D eigenvalue weighted by Gasteiger charge is 2.47. The third-order valence-corrected chi connectivity index (χ3v) is 3.11. The van der Waals surface area contributed by atoms with Crippen molar-refractivity contribution in [1.82, 2.24) is 0 Å². The molecule has 0 saturated carbocycles. The molecule has 0 radical (unpaired) electrons. The molecule has 1 fully saturated rings. The zero-order valence-electron chi connectivity index (χ0n) is 10.1. The van der Waals surface area contributed by atoms with Crippen molar-refractivity contribution in [2.45, 2.75) is 19.1 Å². The fourth-order valence-electron chi connectivity index (χ4n) is 2.15. The van der Waals surface area contributed by atoms with E-state index in [0.29, 0.717) is 6.61 Å². The van der Waals surface area contributed by atoms with Crippen LogP contribution in [-0.2, 0) is 14.3 Å². The van der Waals surface area contributed by atoms with Crippen molar-refractivity contribution < 1.29 is 14.3 Å². The monoisotopic (exact) mass is 242 g/mol.